The van der Waals surface area contributed by atoms with Gasteiger partial charge < -0.3 is 48.5 Å². The smallest absolute Gasteiger partial charge is 0.409 e. The molecule has 5 rings (SSSR count). The number of amides is 6. The van der Waals surface area contributed by atoms with E-state index in [4.69, 9.17) is 40.1 Å². The minimum Gasteiger partial charge on any atom is -0.495 e. The molecule has 2 saturated heterocycles. The highest BCUT2D eigenvalue weighted by Gasteiger charge is 2.49. The van der Waals surface area contributed by atoms with Crippen LogP contribution < -0.4 is 25.1 Å². The molecule has 6 amide bonds. The summed E-state index contributed by atoms with van der Waals surface area (Å²) in [6.07, 6.45) is 2.01. The molecule has 4 bridgehead atoms. The van der Waals surface area contributed by atoms with Crippen LogP contribution in [0.2, 0.25) is 5.02 Å². The Bertz CT molecular complexity index is 2730. The zero-order valence-corrected chi connectivity index (χ0v) is 49.9. The van der Waals surface area contributed by atoms with E-state index in [1.807, 2.05) is 26.8 Å². The normalized spacial score (nSPS) is 24.5. The van der Waals surface area contributed by atoms with E-state index in [1.54, 1.807) is 50.3 Å². The monoisotopic (exact) mass is 1190 g/mol. The van der Waals surface area contributed by atoms with E-state index in [2.05, 4.69) is 20.8 Å². The average molecular weight is 1190 g/mol. The Labute approximate surface area is 484 Å². The number of ether oxygens (including phenoxy) is 5. The van der Waals surface area contributed by atoms with Crippen LogP contribution in [0, 0.1) is 5.92 Å². The van der Waals surface area contributed by atoms with Crippen molar-refractivity contribution >= 4 is 92.2 Å². The minimum atomic E-state index is -1.96. The quantitative estimate of drug-likeness (QED) is 0.0289. The molecule has 7 atom stereocenters. The minimum absolute atomic E-state index is 0.00853. The van der Waals surface area contributed by atoms with Crippen LogP contribution in [-0.2, 0) is 59.0 Å². The number of nitrogens with one attached hydrogen (secondary N) is 2. The molecule has 81 heavy (non-hydrogen) atoms. The average Bonchev–Trinajstić information content (AvgIpc) is 3.73. The number of hydroxylamine groups is 2. The summed E-state index contributed by atoms with van der Waals surface area (Å²) in [5, 5.41) is 31.4. The number of aromatic nitrogens is 1. The molecule has 0 aliphatic carbocycles. The number of hydrogen-bond acceptors (Lipinski definition) is 20. The highest BCUT2D eigenvalue weighted by molar-refractivity contribution is 8.77. The molecule has 0 spiro atoms. The summed E-state index contributed by atoms with van der Waals surface area (Å²) in [5.74, 6) is -3.86. The van der Waals surface area contributed by atoms with Crippen LogP contribution in [0.15, 0.2) is 59.4 Å². The predicted molar refractivity (Wildman–Crippen MR) is 303 cm³/mol. The number of benzene rings is 1. The fraction of sp³-hybridized carbons (Fsp3) is 0.564. The molecular formula is C55H74ClN7O16S2. The van der Waals surface area contributed by atoms with Crippen LogP contribution in [0.3, 0.4) is 0 Å². The first-order valence-electron chi connectivity index (χ1n) is 26.3. The molecule has 4 heterocycles. The van der Waals surface area contributed by atoms with Crippen LogP contribution in [0.5, 0.6) is 11.6 Å². The SMILES string of the molecule is COc1cc2cc(c1Cl)N(C)C(=O)C[C@H](OC(=O)[C@H](C)N(C)C(=O)CCSSC(C)(C)CC(=O)N/N=C(/C)c1ccc(OCCCC(=O)ON3C(=O)CCC3=O)nc1)C(C)(O)C[C@H](C)[C@@H]1C[C@@](O)(NC(=O)O1)[C@H](OC)/C=C/C=C(\C)C2. The van der Waals surface area contributed by atoms with Crippen molar-refractivity contribution in [3.05, 3.63) is 70.4 Å². The third kappa shape index (κ3) is 18.6. The van der Waals surface area contributed by atoms with Crippen molar-refractivity contribution in [2.45, 2.75) is 153 Å². The third-order valence-corrected chi connectivity index (χ3v) is 17.4. The van der Waals surface area contributed by atoms with Crippen molar-refractivity contribution in [2.75, 3.05) is 45.6 Å². The number of hydrazone groups is 1. The molecule has 444 valence electrons. The van der Waals surface area contributed by atoms with Gasteiger partial charge in [0.05, 0.1) is 43.6 Å². The van der Waals surface area contributed by atoms with Gasteiger partial charge in [0, 0.05) is 81.6 Å². The number of pyridine rings is 1. The van der Waals surface area contributed by atoms with E-state index in [-0.39, 0.29) is 74.8 Å². The number of anilines is 1. The highest BCUT2D eigenvalue weighted by Crippen LogP contribution is 2.40. The summed E-state index contributed by atoms with van der Waals surface area (Å²) in [7, 11) is 8.55. The van der Waals surface area contributed by atoms with Gasteiger partial charge in [0.1, 0.15) is 35.1 Å². The van der Waals surface area contributed by atoms with Gasteiger partial charge in [-0.3, -0.25) is 29.3 Å². The van der Waals surface area contributed by atoms with Crippen molar-refractivity contribution in [3.8, 4) is 11.6 Å². The number of carbonyl (C=O) groups excluding carboxylic acids is 8. The second kappa shape index (κ2) is 29.1. The van der Waals surface area contributed by atoms with E-state index in [9.17, 15) is 48.6 Å². The van der Waals surface area contributed by atoms with E-state index >= 15 is 0 Å². The maximum Gasteiger partial charge on any atom is 0.409 e. The van der Waals surface area contributed by atoms with Crippen LogP contribution in [0.1, 0.15) is 117 Å². The Balaban J connectivity index is 1.16. The molecule has 4 N–H and O–H groups in total. The molecule has 23 nitrogen and oxygen atoms in total. The predicted octanol–water partition coefficient (Wildman–Crippen LogP) is 6.14. The van der Waals surface area contributed by atoms with E-state index in [0.717, 1.165) is 11.1 Å². The molecule has 3 aliphatic rings. The van der Waals surface area contributed by atoms with Gasteiger partial charge >= 0.3 is 18.0 Å². The van der Waals surface area contributed by atoms with Crippen molar-refractivity contribution in [1.29, 1.82) is 0 Å². The Kier molecular flexibility index (Phi) is 23.6. The lowest BCUT2D eigenvalue weighted by atomic mass is 9.81. The van der Waals surface area contributed by atoms with Crippen LogP contribution in [0.4, 0.5) is 10.5 Å². The van der Waals surface area contributed by atoms with Crippen LogP contribution >= 0.6 is 33.2 Å². The molecule has 2 fully saturated rings. The van der Waals surface area contributed by atoms with Gasteiger partial charge in [-0.15, -0.1) is 5.06 Å². The van der Waals surface area contributed by atoms with Gasteiger partial charge in [-0.05, 0) is 90.5 Å². The largest absolute Gasteiger partial charge is 0.495 e. The highest BCUT2D eigenvalue weighted by atomic mass is 35.5. The molecule has 2 aromatic rings. The number of halogens is 1. The number of aliphatic hydroxyl groups is 2. The summed E-state index contributed by atoms with van der Waals surface area (Å²) in [5.41, 5.74) is 1.68. The molecule has 1 aromatic heterocycles. The number of esters is 1. The molecule has 3 aliphatic heterocycles. The summed E-state index contributed by atoms with van der Waals surface area (Å²) in [4.78, 5) is 115. The topological polar surface area (TPSA) is 291 Å². The second-order valence-corrected chi connectivity index (χ2v) is 24.6. The van der Waals surface area contributed by atoms with Gasteiger partial charge in [-0.1, -0.05) is 63.9 Å². The number of nitrogens with zero attached hydrogens (tertiary/aromatic N) is 5. The lowest BCUT2D eigenvalue weighted by Gasteiger charge is -2.43. The number of methoxy groups -OCH3 is 2. The van der Waals surface area contributed by atoms with Crippen molar-refractivity contribution in [1.82, 2.24) is 25.7 Å². The third-order valence-electron chi connectivity index (χ3n) is 13.7. The summed E-state index contributed by atoms with van der Waals surface area (Å²) >= 11 is 6.80. The van der Waals surface area contributed by atoms with E-state index in [1.165, 1.54) is 79.7 Å². The van der Waals surface area contributed by atoms with Gasteiger partial charge in [-0.25, -0.2) is 24.8 Å². The molecule has 1 unspecified atom stereocenters. The van der Waals surface area contributed by atoms with Gasteiger partial charge in [0.2, 0.25) is 23.6 Å². The Morgan fingerprint density at radius 3 is 2.43 bits per heavy atom. The lowest BCUT2D eigenvalue weighted by Crippen LogP contribution is -2.63. The van der Waals surface area contributed by atoms with Crippen LogP contribution in [-0.4, -0.2) is 160 Å². The number of fused-ring (bicyclic) bond motifs is 4. The number of rotatable bonds is 20. The second-order valence-electron chi connectivity index (χ2n) is 21.1. The van der Waals surface area contributed by atoms with Gasteiger partial charge in [0.15, 0.2) is 5.72 Å². The Morgan fingerprint density at radius 1 is 1.07 bits per heavy atom. The van der Waals surface area contributed by atoms with Gasteiger partial charge in [0.25, 0.3) is 11.8 Å². The maximum absolute atomic E-state index is 14.3. The summed E-state index contributed by atoms with van der Waals surface area (Å²) < 4.78 is 27.9. The van der Waals surface area contributed by atoms with E-state index < -0.39 is 94.4 Å². The van der Waals surface area contributed by atoms with Crippen LogP contribution in [0.25, 0.3) is 0 Å². The first kappa shape index (κ1) is 65.6. The zero-order valence-electron chi connectivity index (χ0n) is 47.5. The molecule has 0 saturated carbocycles. The van der Waals surface area contributed by atoms with Crippen molar-refractivity contribution in [2.24, 2.45) is 11.0 Å². The van der Waals surface area contributed by atoms with Crippen molar-refractivity contribution in [3.63, 3.8) is 0 Å². The number of imide groups is 1. The number of hydrogen-bond donors (Lipinski definition) is 4. The summed E-state index contributed by atoms with van der Waals surface area (Å²) in [6.45, 7) is 12.0. The molecular weight excluding hydrogens is 1110 g/mol. The van der Waals surface area contributed by atoms with Gasteiger partial charge in [-0.2, -0.15) is 5.10 Å². The molecule has 1 aromatic carbocycles. The molecule has 26 heteroatoms. The maximum atomic E-state index is 14.3. The first-order chi connectivity index (χ1) is 38.1. The zero-order chi connectivity index (χ0) is 60.0. The summed E-state index contributed by atoms with van der Waals surface area (Å²) in [6, 6.07) is 5.60. The number of alkyl carbamates (subject to hydrolysis) is 1. The molecule has 0 radical (unpaired) electrons. The first-order valence-corrected chi connectivity index (χ1v) is 29.0. The Morgan fingerprint density at radius 2 is 1.78 bits per heavy atom. The number of carbonyl (C=O) groups is 8. The van der Waals surface area contributed by atoms with Crippen molar-refractivity contribution < 1.29 is 77.1 Å². The lowest BCUT2D eigenvalue weighted by molar-refractivity contribution is -0.197. The Hall–Kier alpha value is -6.25. The number of likely N-dealkylation sites (N-methyl/N-ethyl adjacent to an activating group) is 1. The van der Waals surface area contributed by atoms with E-state index in [0.29, 0.717) is 39.9 Å². The number of allylic oxidation sites excluding steroid dienone is 3. The fourth-order valence-electron chi connectivity index (χ4n) is 8.91. The standard InChI is InChI=1S/C55H74ClN7O16S2/c1-32-14-12-15-41(75-11)55(73)29-40(77-52(71)58-55)33(2)28-54(7,72)42(27-48(68)62(9)38-25-36(24-32)26-39(74-10)50(38)56)78-51(70)35(4)61(8)45(65)21-23-80-81-53(5,6)30-43(64)60-59-34(3)37-17-18-44(57-31-37)76-22-13-16-49(69)79-63-46(66)19-20-47(63)67/h12,14-15,17-18,25-26,31,33,35,40-42,72-73H,13,16,19-24,27-30H2,1-11H3,(H,58,71)(H,60,64)/b15-12+,32-14+,59-34-/t33-,35-,40-,41+,42-,54?,55-/m0/s1. The fourth-order valence-corrected chi connectivity index (χ4v) is 11.7.